The van der Waals surface area contributed by atoms with Crippen LogP contribution in [0.2, 0.25) is 0 Å². The van der Waals surface area contributed by atoms with Crippen LogP contribution in [-0.2, 0) is 16.8 Å². The Labute approximate surface area is 222 Å². The van der Waals surface area contributed by atoms with Crippen molar-refractivity contribution >= 4 is 17.8 Å². The highest BCUT2D eigenvalue weighted by Crippen LogP contribution is 2.47. The molecule has 1 saturated carbocycles. The number of amides is 1. The molecule has 0 radical (unpaired) electrons. The van der Waals surface area contributed by atoms with Gasteiger partial charge in [-0.05, 0) is 71.7 Å². The number of carbonyl (C=O) groups excluding carboxylic acids is 1. The van der Waals surface area contributed by atoms with Gasteiger partial charge in [0.05, 0.1) is 18.2 Å². The summed E-state index contributed by atoms with van der Waals surface area (Å²) in [5.41, 5.74) is 7.35. The molecule has 1 aliphatic carbocycles. The fourth-order valence-electron chi connectivity index (χ4n) is 4.41. The molecular weight excluding hydrogens is 482 g/mol. The molecule has 0 spiro atoms. The lowest BCUT2D eigenvalue weighted by Gasteiger charge is -2.19. The summed E-state index contributed by atoms with van der Waals surface area (Å²) in [4.78, 5) is 23.2. The van der Waals surface area contributed by atoms with Crippen LogP contribution in [0, 0.1) is 23.0 Å². The normalized spacial score (nSPS) is 16.8. The van der Waals surface area contributed by atoms with Crippen LogP contribution < -0.4 is 14.9 Å². The standard InChI is InChI=1S/C30H33N3O5/c1-19-14-24(11-12-27(19)33(35)36)38-18-22-15-20(6-13-28(22)37-5)17-31-32-29(34)26-16-25(26)21-7-9-23(10-8-21)30(2,3)4/h6-15,17,25-26H,16,18H2,1-5H3,(H,32,34)/t25-,26+/m1/s1. The first-order valence-electron chi connectivity index (χ1n) is 12.5. The van der Waals surface area contributed by atoms with Crippen LogP contribution in [0.3, 0.4) is 0 Å². The number of nitro groups is 1. The van der Waals surface area contributed by atoms with E-state index >= 15 is 0 Å². The minimum Gasteiger partial charge on any atom is -0.496 e. The third kappa shape index (κ3) is 6.37. The van der Waals surface area contributed by atoms with Gasteiger partial charge >= 0.3 is 0 Å². The van der Waals surface area contributed by atoms with Crippen LogP contribution >= 0.6 is 0 Å². The fraction of sp³-hybridized carbons (Fsp3) is 0.333. The Hall–Kier alpha value is -4.20. The Kier molecular flexibility index (Phi) is 7.80. The van der Waals surface area contributed by atoms with Crippen molar-refractivity contribution < 1.29 is 19.2 Å². The predicted molar refractivity (Wildman–Crippen MR) is 147 cm³/mol. The number of aryl methyl sites for hydroxylation is 1. The molecule has 1 amide bonds. The van der Waals surface area contributed by atoms with E-state index in [1.54, 1.807) is 38.4 Å². The largest absolute Gasteiger partial charge is 0.496 e. The first-order chi connectivity index (χ1) is 18.1. The van der Waals surface area contributed by atoms with Crippen molar-refractivity contribution in [2.24, 2.45) is 11.0 Å². The van der Waals surface area contributed by atoms with E-state index in [-0.39, 0.29) is 35.5 Å². The van der Waals surface area contributed by atoms with Gasteiger partial charge in [0.15, 0.2) is 0 Å². The quantitative estimate of drug-likeness (QED) is 0.213. The lowest BCUT2D eigenvalue weighted by Crippen LogP contribution is -2.20. The third-order valence-corrected chi connectivity index (χ3v) is 6.78. The lowest BCUT2D eigenvalue weighted by molar-refractivity contribution is -0.385. The molecule has 0 unspecified atom stereocenters. The lowest BCUT2D eigenvalue weighted by atomic mass is 9.86. The molecule has 38 heavy (non-hydrogen) atoms. The van der Waals surface area contributed by atoms with Crippen molar-refractivity contribution in [3.63, 3.8) is 0 Å². The summed E-state index contributed by atoms with van der Waals surface area (Å²) in [6, 6.07) is 18.7. The number of rotatable bonds is 9. The number of hydrogen-bond donors (Lipinski definition) is 1. The van der Waals surface area contributed by atoms with Gasteiger partial charge in [0.2, 0.25) is 5.91 Å². The number of methoxy groups -OCH3 is 1. The Bertz CT molecular complexity index is 1360. The van der Waals surface area contributed by atoms with E-state index in [1.807, 2.05) is 12.1 Å². The molecule has 0 aromatic heterocycles. The Morgan fingerprint density at radius 2 is 1.87 bits per heavy atom. The molecule has 2 atom stereocenters. The second-order valence-corrected chi connectivity index (χ2v) is 10.6. The maximum absolute atomic E-state index is 12.6. The van der Waals surface area contributed by atoms with Crippen molar-refractivity contribution in [2.45, 2.75) is 52.1 Å². The second kappa shape index (κ2) is 11.0. The zero-order valence-electron chi connectivity index (χ0n) is 22.4. The van der Waals surface area contributed by atoms with Crippen LogP contribution in [0.1, 0.15) is 60.9 Å². The molecule has 8 nitrogen and oxygen atoms in total. The van der Waals surface area contributed by atoms with Crippen LogP contribution in [0.15, 0.2) is 65.8 Å². The predicted octanol–water partition coefficient (Wildman–Crippen LogP) is 6.04. The minimum atomic E-state index is -0.419. The number of nitrogens with one attached hydrogen (secondary N) is 1. The molecule has 3 aromatic carbocycles. The van der Waals surface area contributed by atoms with Crippen LogP contribution in [0.4, 0.5) is 5.69 Å². The smallest absolute Gasteiger partial charge is 0.272 e. The average Bonchev–Trinajstić information content (AvgIpc) is 3.68. The van der Waals surface area contributed by atoms with Gasteiger partial charge in [0.25, 0.3) is 5.69 Å². The van der Waals surface area contributed by atoms with Gasteiger partial charge in [-0.1, -0.05) is 45.0 Å². The molecule has 198 valence electrons. The van der Waals surface area contributed by atoms with Crippen LogP contribution in [0.25, 0.3) is 0 Å². The van der Waals surface area contributed by atoms with E-state index in [0.29, 0.717) is 17.1 Å². The second-order valence-electron chi connectivity index (χ2n) is 10.6. The van der Waals surface area contributed by atoms with Crippen molar-refractivity contribution in [3.05, 3.63) is 98.6 Å². The molecule has 1 N–H and O–H groups in total. The summed E-state index contributed by atoms with van der Waals surface area (Å²) < 4.78 is 11.3. The van der Waals surface area contributed by atoms with Gasteiger partial charge in [0.1, 0.15) is 18.1 Å². The molecule has 0 heterocycles. The maximum atomic E-state index is 12.6. The van der Waals surface area contributed by atoms with Gasteiger partial charge in [-0.15, -0.1) is 0 Å². The Morgan fingerprint density at radius 1 is 1.13 bits per heavy atom. The highest BCUT2D eigenvalue weighted by Gasteiger charge is 2.44. The third-order valence-electron chi connectivity index (χ3n) is 6.78. The van der Waals surface area contributed by atoms with Gasteiger partial charge in [-0.3, -0.25) is 14.9 Å². The van der Waals surface area contributed by atoms with E-state index in [1.165, 1.54) is 17.2 Å². The summed E-state index contributed by atoms with van der Waals surface area (Å²) in [6.07, 6.45) is 2.41. The summed E-state index contributed by atoms with van der Waals surface area (Å²) in [7, 11) is 1.57. The number of hydrogen-bond acceptors (Lipinski definition) is 6. The Balaban J connectivity index is 1.34. The number of ether oxygens (including phenoxy) is 2. The van der Waals surface area contributed by atoms with Crippen molar-refractivity contribution in [2.75, 3.05) is 7.11 Å². The fourth-order valence-corrected chi connectivity index (χ4v) is 4.41. The summed E-state index contributed by atoms with van der Waals surface area (Å²) >= 11 is 0. The molecule has 1 aliphatic rings. The van der Waals surface area contributed by atoms with Crippen molar-refractivity contribution in [1.29, 1.82) is 0 Å². The molecule has 0 aliphatic heterocycles. The molecule has 3 aromatic rings. The molecule has 0 saturated heterocycles. The molecule has 4 rings (SSSR count). The van der Waals surface area contributed by atoms with Crippen molar-refractivity contribution in [1.82, 2.24) is 5.43 Å². The zero-order valence-corrected chi connectivity index (χ0v) is 22.4. The van der Waals surface area contributed by atoms with Crippen LogP contribution in [-0.4, -0.2) is 24.2 Å². The molecule has 8 heteroatoms. The van der Waals surface area contributed by atoms with E-state index in [4.69, 9.17) is 9.47 Å². The Morgan fingerprint density at radius 3 is 2.50 bits per heavy atom. The highest BCUT2D eigenvalue weighted by molar-refractivity contribution is 5.85. The van der Waals surface area contributed by atoms with E-state index in [0.717, 1.165) is 17.5 Å². The first-order valence-corrected chi connectivity index (χ1v) is 12.5. The molecule has 1 fully saturated rings. The highest BCUT2D eigenvalue weighted by atomic mass is 16.6. The van der Waals surface area contributed by atoms with E-state index in [2.05, 4.69) is 55.6 Å². The molecular formula is C30H33N3O5. The van der Waals surface area contributed by atoms with Gasteiger partial charge in [-0.2, -0.15) is 5.10 Å². The summed E-state index contributed by atoms with van der Waals surface area (Å²) in [5.74, 6) is 1.23. The maximum Gasteiger partial charge on any atom is 0.272 e. The van der Waals surface area contributed by atoms with Gasteiger partial charge < -0.3 is 9.47 Å². The van der Waals surface area contributed by atoms with Crippen molar-refractivity contribution in [3.8, 4) is 11.5 Å². The first kappa shape index (κ1) is 26.9. The van der Waals surface area contributed by atoms with Gasteiger partial charge in [-0.25, -0.2) is 5.43 Å². The number of hydrazone groups is 1. The van der Waals surface area contributed by atoms with Crippen LogP contribution in [0.5, 0.6) is 11.5 Å². The summed E-state index contributed by atoms with van der Waals surface area (Å²) in [5, 5.41) is 15.2. The number of nitrogens with zero attached hydrogens (tertiary/aromatic N) is 2. The van der Waals surface area contributed by atoms with E-state index in [9.17, 15) is 14.9 Å². The SMILES string of the molecule is COc1ccc(C=NNC(=O)[C@H]2C[C@@H]2c2ccc(C(C)(C)C)cc2)cc1COc1ccc([N+](=O)[O-])c(C)c1. The monoisotopic (exact) mass is 515 g/mol. The topological polar surface area (TPSA) is 103 Å². The van der Waals surface area contributed by atoms with E-state index < -0.39 is 4.92 Å². The minimum absolute atomic E-state index is 0.0474. The number of benzene rings is 3. The number of carbonyl (C=O) groups is 1. The zero-order chi connectivity index (χ0) is 27.4. The average molecular weight is 516 g/mol. The molecule has 0 bridgehead atoms. The number of nitro benzene ring substituents is 1. The summed E-state index contributed by atoms with van der Waals surface area (Å²) in [6.45, 7) is 8.43. The van der Waals surface area contributed by atoms with Gasteiger partial charge in [0, 0.05) is 23.1 Å².